The quantitative estimate of drug-likeness (QED) is 0.530. The highest BCUT2D eigenvalue weighted by Crippen LogP contribution is 2.27. The van der Waals surface area contributed by atoms with Crippen LogP contribution < -0.4 is 5.32 Å². The van der Waals surface area contributed by atoms with Crippen LogP contribution >= 0.6 is 11.3 Å². The lowest BCUT2D eigenvalue weighted by Crippen LogP contribution is -2.10. The molecule has 8 nitrogen and oxygen atoms in total. The summed E-state index contributed by atoms with van der Waals surface area (Å²) in [5, 5.41) is 9.50. The molecule has 0 aliphatic heterocycles. The molecule has 1 aromatic carbocycles. The van der Waals surface area contributed by atoms with Gasteiger partial charge in [-0.3, -0.25) is 0 Å². The molecule has 1 N–H and O–H groups in total. The second-order valence-corrected chi connectivity index (χ2v) is 6.58. The van der Waals surface area contributed by atoms with Crippen LogP contribution in [0.1, 0.15) is 22.8 Å². The molecule has 3 heterocycles. The number of carbonyl (C=O) groups is 1. The fraction of sp³-hybridized carbons (Fsp3) is 0.167. The van der Waals surface area contributed by atoms with Gasteiger partial charge in [-0.1, -0.05) is 29.8 Å². The minimum absolute atomic E-state index is 0.233. The predicted octanol–water partition coefficient (Wildman–Crippen LogP) is 3.48. The van der Waals surface area contributed by atoms with Crippen LogP contribution in [0.3, 0.4) is 0 Å². The molecule has 0 radical (unpaired) electrons. The van der Waals surface area contributed by atoms with Gasteiger partial charge in [-0.15, -0.1) is 16.4 Å². The summed E-state index contributed by atoms with van der Waals surface area (Å²) < 4.78 is 6.80. The van der Waals surface area contributed by atoms with Crippen molar-refractivity contribution in [1.82, 2.24) is 24.6 Å². The number of aryl methyl sites for hydroxylation is 1. The average molecular weight is 380 g/mol. The molecular weight excluding hydrogens is 364 g/mol. The Kier molecular flexibility index (Phi) is 4.51. The van der Waals surface area contributed by atoms with E-state index in [2.05, 4.69) is 49.6 Å². The number of ether oxygens (including phenoxy) is 1. The molecule has 27 heavy (non-hydrogen) atoms. The van der Waals surface area contributed by atoms with Gasteiger partial charge in [0.2, 0.25) is 10.9 Å². The maximum atomic E-state index is 12.1. The normalized spacial score (nSPS) is 10.9. The first-order chi connectivity index (χ1) is 13.2. The Bertz CT molecular complexity index is 1100. The second kappa shape index (κ2) is 7.12. The molecule has 136 valence electrons. The monoisotopic (exact) mass is 380 g/mol. The van der Waals surface area contributed by atoms with Crippen molar-refractivity contribution in [2.45, 2.75) is 13.8 Å². The standard InChI is InChI=1S/C18H16N6O2S/c1-3-26-16(25)13-8-19-10-20-15(13)21-17-22-18-24(23-17)14(9-27-18)12-6-4-11(2)5-7-12/h4-10H,3H2,1-2H3,(H,19,20,21,23). The van der Waals surface area contributed by atoms with Gasteiger partial charge in [0.05, 0.1) is 12.3 Å². The number of hydrogen-bond acceptors (Lipinski definition) is 8. The van der Waals surface area contributed by atoms with Gasteiger partial charge >= 0.3 is 5.97 Å². The minimum atomic E-state index is -0.498. The summed E-state index contributed by atoms with van der Waals surface area (Å²) in [7, 11) is 0. The number of thiazole rings is 1. The number of hydrogen-bond donors (Lipinski definition) is 1. The van der Waals surface area contributed by atoms with Gasteiger partial charge in [0.25, 0.3) is 0 Å². The highest BCUT2D eigenvalue weighted by molar-refractivity contribution is 7.15. The molecule has 0 unspecified atom stereocenters. The van der Waals surface area contributed by atoms with Crippen molar-refractivity contribution in [3.05, 3.63) is 53.3 Å². The number of aromatic nitrogens is 5. The van der Waals surface area contributed by atoms with Gasteiger partial charge < -0.3 is 10.1 Å². The van der Waals surface area contributed by atoms with E-state index in [1.807, 2.05) is 12.3 Å². The zero-order valence-electron chi connectivity index (χ0n) is 14.7. The van der Waals surface area contributed by atoms with Crippen molar-refractivity contribution in [2.75, 3.05) is 11.9 Å². The molecule has 4 aromatic rings. The van der Waals surface area contributed by atoms with Crippen LogP contribution in [0.25, 0.3) is 16.2 Å². The van der Waals surface area contributed by atoms with Crippen LogP contribution in [-0.4, -0.2) is 37.1 Å². The summed E-state index contributed by atoms with van der Waals surface area (Å²) in [6.45, 7) is 4.06. The van der Waals surface area contributed by atoms with E-state index in [0.29, 0.717) is 11.8 Å². The first kappa shape index (κ1) is 17.1. The smallest absolute Gasteiger partial charge is 0.343 e. The summed E-state index contributed by atoms with van der Waals surface area (Å²) >= 11 is 1.49. The number of anilines is 2. The Labute approximate surface area is 158 Å². The highest BCUT2D eigenvalue weighted by atomic mass is 32.1. The van der Waals surface area contributed by atoms with E-state index >= 15 is 0 Å². The third kappa shape index (κ3) is 3.36. The molecule has 0 aliphatic rings. The van der Waals surface area contributed by atoms with Crippen LogP contribution in [-0.2, 0) is 4.74 Å². The Hall–Kier alpha value is -3.33. The summed E-state index contributed by atoms with van der Waals surface area (Å²) in [5.74, 6) is 0.153. The SMILES string of the molecule is CCOC(=O)c1cncnc1Nc1nc2scc(-c3ccc(C)cc3)n2n1. The van der Waals surface area contributed by atoms with Crippen molar-refractivity contribution in [3.63, 3.8) is 0 Å². The Morgan fingerprint density at radius 1 is 1.30 bits per heavy atom. The molecule has 0 saturated heterocycles. The zero-order chi connectivity index (χ0) is 18.8. The minimum Gasteiger partial charge on any atom is -0.462 e. The van der Waals surface area contributed by atoms with Crippen molar-refractivity contribution < 1.29 is 9.53 Å². The summed E-state index contributed by atoms with van der Waals surface area (Å²) in [4.78, 5) is 25.3. The van der Waals surface area contributed by atoms with Crippen LogP contribution in [0, 0.1) is 6.92 Å². The Morgan fingerprint density at radius 3 is 2.89 bits per heavy atom. The third-order valence-corrected chi connectivity index (χ3v) is 4.68. The van der Waals surface area contributed by atoms with E-state index in [1.165, 1.54) is 29.4 Å². The van der Waals surface area contributed by atoms with Crippen LogP contribution in [0.2, 0.25) is 0 Å². The summed E-state index contributed by atoms with van der Waals surface area (Å²) in [6.07, 6.45) is 2.75. The molecule has 0 bridgehead atoms. The molecule has 9 heteroatoms. The van der Waals surface area contributed by atoms with Gasteiger partial charge in [0.15, 0.2) is 5.82 Å². The number of fused-ring (bicyclic) bond motifs is 1. The van der Waals surface area contributed by atoms with Crippen molar-refractivity contribution in [1.29, 1.82) is 0 Å². The average Bonchev–Trinajstić information content (AvgIpc) is 3.23. The van der Waals surface area contributed by atoms with Gasteiger partial charge in [0, 0.05) is 17.1 Å². The van der Waals surface area contributed by atoms with Crippen LogP contribution in [0.4, 0.5) is 11.8 Å². The fourth-order valence-electron chi connectivity index (χ4n) is 2.55. The number of benzene rings is 1. The maximum Gasteiger partial charge on any atom is 0.343 e. The highest BCUT2D eigenvalue weighted by Gasteiger charge is 2.17. The van der Waals surface area contributed by atoms with Gasteiger partial charge in [-0.25, -0.2) is 19.3 Å². The third-order valence-electron chi connectivity index (χ3n) is 3.87. The Balaban J connectivity index is 1.67. The van der Waals surface area contributed by atoms with E-state index in [9.17, 15) is 4.79 Å². The number of nitrogens with one attached hydrogen (secondary N) is 1. The Morgan fingerprint density at radius 2 is 2.11 bits per heavy atom. The number of nitrogens with zero attached hydrogens (tertiary/aromatic N) is 5. The molecule has 0 amide bonds. The predicted molar refractivity (Wildman–Crippen MR) is 102 cm³/mol. The van der Waals surface area contributed by atoms with Crippen molar-refractivity contribution in [2.24, 2.45) is 0 Å². The largest absolute Gasteiger partial charge is 0.462 e. The summed E-state index contributed by atoms with van der Waals surface area (Å²) in [6, 6.07) is 8.21. The van der Waals surface area contributed by atoms with Gasteiger partial charge in [0.1, 0.15) is 11.9 Å². The lowest BCUT2D eigenvalue weighted by Gasteiger charge is -2.06. The first-order valence-electron chi connectivity index (χ1n) is 8.31. The first-order valence-corrected chi connectivity index (χ1v) is 9.19. The van der Waals surface area contributed by atoms with Crippen molar-refractivity contribution in [3.8, 4) is 11.3 Å². The molecule has 0 aliphatic carbocycles. The lowest BCUT2D eigenvalue weighted by molar-refractivity contribution is 0.0526. The molecular formula is C18H16N6O2S. The molecule has 0 saturated carbocycles. The number of carbonyl (C=O) groups excluding carboxylic acids is 1. The van der Waals surface area contributed by atoms with E-state index in [0.717, 1.165) is 16.2 Å². The number of esters is 1. The maximum absolute atomic E-state index is 12.1. The fourth-order valence-corrected chi connectivity index (χ4v) is 3.38. The molecule has 4 rings (SSSR count). The molecule has 0 spiro atoms. The van der Waals surface area contributed by atoms with Gasteiger partial charge in [-0.2, -0.15) is 4.98 Å². The molecule has 0 atom stereocenters. The molecule has 0 fully saturated rings. The van der Waals surface area contributed by atoms with Crippen molar-refractivity contribution >= 4 is 34.0 Å². The number of rotatable bonds is 5. The lowest BCUT2D eigenvalue weighted by atomic mass is 10.1. The molecule has 3 aromatic heterocycles. The van der Waals surface area contributed by atoms with E-state index < -0.39 is 5.97 Å². The van der Waals surface area contributed by atoms with E-state index in [1.54, 1.807) is 11.4 Å². The van der Waals surface area contributed by atoms with Gasteiger partial charge in [-0.05, 0) is 13.8 Å². The van der Waals surface area contributed by atoms with E-state index in [4.69, 9.17) is 4.74 Å². The zero-order valence-corrected chi connectivity index (χ0v) is 15.5. The van der Waals surface area contributed by atoms with E-state index in [-0.39, 0.29) is 12.2 Å². The van der Waals surface area contributed by atoms with Crippen LogP contribution in [0.5, 0.6) is 0 Å². The van der Waals surface area contributed by atoms with Crippen LogP contribution in [0.15, 0.2) is 42.2 Å². The topological polar surface area (TPSA) is 94.3 Å². The summed E-state index contributed by atoms with van der Waals surface area (Å²) in [5.41, 5.74) is 3.43. The second-order valence-electron chi connectivity index (χ2n) is 5.75.